The summed E-state index contributed by atoms with van der Waals surface area (Å²) in [4.78, 5) is 17.0. The van der Waals surface area contributed by atoms with Gasteiger partial charge < -0.3 is 14.3 Å². The standard InChI is InChI=1S/C18H18FNO4/c1-11(20-24-4)12-5-7-14(16(9-12)18(21)23-3)15-10-13(19)6-8-17(15)22-2/h5-10H,1-4H3/b20-11+. The van der Waals surface area contributed by atoms with Gasteiger partial charge in [-0.15, -0.1) is 0 Å². The van der Waals surface area contributed by atoms with E-state index in [4.69, 9.17) is 14.3 Å². The number of benzene rings is 2. The van der Waals surface area contributed by atoms with E-state index in [-0.39, 0.29) is 5.56 Å². The Morgan fingerprint density at radius 3 is 2.42 bits per heavy atom. The second-order valence-corrected chi connectivity index (χ2v) is 4.96. The van der Waals surface area contributed by atoms with Gasteiger partial charge in [-0.2, -0.15) is 0 Å². The maximum Gasteiger partial charge on any atom is 0.338 e. The first-order valence-corrected chi connectivity index (χ1v) is 7.16. The van der Waals surface area contributed by atoms with Crippen molar-refractivity contribution in [2.75, 3.05) is 21.3 Å². The lowest BCUT2D eigenvalue weighted by atomic mass is 9.95. The van der Waals surface area contributed by atoms with Crippen LogP contribution < -0.4 is 4.74 Å². The maximum absolute atomic E-state index is 13.7. The van der Waals surface area contributed by atoms with Crippen molar-refractivity contribution in [2.24, 2.45) is 5.16 Å². The van der Waals surface area contributed by atoms with Crippen molar-refractivity contribution < 1.29 is 23.5 Å². The monoisotopic (exact) mass is 331 g/mol. The molecule has 0 bridgehead atoms. The van der Waals surface area contributed by atoms with E-state index < -0.39 is 11.8 Å². The molecule has 2 aromatic rings. The highest BCUT2D eigenvalue weighted by atomic mass is 19.1. The maximum atomic E-state index is 13.7. The van der Waals surface area contributed by atoms with Crippen LogP contribution in [0.5, 0.6) is 5.75 Å². The van der Waals surface area contributed by atoms with Gasteiger partial charge in [0.2, 0.25) is 0 Å². The van der Waals surface area contributed by atoms with Crippen LogP contribution in [0.3, 0.4) is 0 Å². The van der Waals surface area contributed by atoms with E-state index >= 15 is 0 Å². The third kappa shape index (κ3) is 3.53. The minimum absolute atomic E-state index is 0.282. The third-order valence-electron chi connectivity index (χ3n) is 3.52. The fourth-order valence-electron chi connectivity index (χ4n) is 2.36. The van der Waals surface area contributed by atoms with Crippen molar-refractivity contribution in [1.29, 1.82) is 0 Å². The first-order valence-electron chi connectivity index (χ1n) is 7.16. The summed E-state index contributed by atoms with van der Waals surface area (Å²) < 4.78 is 23.8. The highest BCUT2D eigenvalue weighted by Crippen LogP contribution is 2.34. The van der Waals surface area contributed by atoms with E-state index in [1.54, 1.807) is 25.1 Å². The molecule has 0 N–H and O–H groups in total. The predicted octanol–water partition coefficient (Wildman–Crippen LogP) is 3.66. The quantitative estimate of drug-likeness (QED) is 0.477. The van der Waals surface area contributed by atoms with Crippen molar-refractivity contribution in [3.8, 4) is 16.9 Å². The van der Waals surface area contributed by atoms with Gasteiger partial charge in [0, 0.05) is 11.1 Å². The Kier molecular flexibility index (Phi) is 5.52. The van der Waals surface area contributed by atoms with Crippen molar-refractivity contribution >= 4 is 11.7 Å². The molecule has 0 atom stereocenters. The predicted molar refractivity (Wildman–Crippen MR) is 88.9 cm³/mol. The first kappa shape index (κ1) is 17.5. The molecule has 0 radical (unpaired) electrons. The lowest BCUT2D eigenvalue weighted by molar-refractivity contribution is 0.0601. The third-order valence-corrected chi connectivity index (χ3v) is 3.52. The molecular weight excluding hydrogens is 313 g/mol. The lowest BCUT2D eigenvalue weighted by Gasteiger charge is -2.13. The second-order valence-electron chi connectivity index (χ2n) is 4.96. The largest absolute Gasteiger partial charge is 0.496 e. The number of esters is 1. The van der Waals surface area contributed by atoms with Crippen LogP contribution in [-0.4, -0.2) is 33.0 Å². The number of halogens is 1. The number of oxime groups is 1. The smallest absolute Gasteiger partial charge is 0.338 e. The van der Waals surface area contributed by atoms with Crippen LogP contribution in [0.4, 0.5) is 4.39 Å². The summed E-state index contributed by atoms with van der Waals surface area (Å²) in [5.41, 5.74) is 2.54. The summed E-state index contributed by atoms with van der Waals surface area (Å²) >= 11 is 0. The van der Waals surface area contributed by atoms with E-state index in [2.05, 4.69) is 5.16 Å². The van der Waals surface area contributed by atoms with Crippen LogP contribution in [0.2, 0.25) is 0 Å². The minimum Gasteiger partial charge on any atom is -0.496 e. The number of ether oxygens (including phenoxy) is 2. The molecule has 0 amide bonds. The van der Waals surface area contributed by atoms with E-state index in [0.717, 1.165) is 0 Å². The first-order chi connectivity index (χ1) is 11.5. The topological polar surface area (TPSA) is 57.1 Å². The molecule has 2 rings (SSSR count). The van der Waals surface area contributed by atoms with E-state index in [1.165, 1.54) is 39.5 Å². The second kappa shape index (κ2) is 7.59. The highest BCUT2D eigenvalue weighted by molar-refractivity contribution is 6.04. The molecule has 0 aliphatic heterocycles. The number of methoxy groups -OCH3 is 2. The highest BCUT2D eigenvalue weighted by Gasteiger charge is 2.18. The number of carbonyl (C=O) groups is 1. The molecule has 0 aliphatic rings. The number of rotatable bonds is 5. The molecule has 0 aromatic heterocycles. The van der Waals surface area contributed by atoms with Crippen molar-refractivity contribution in [3.63, 3.8) is 0 Å². The average molecular weight is 331 g/mol. The molecule has 126 valence electrons. The molecule has 6 heteroatoms. The molecule has 0 heterocycles. The van der Waals surface area contributed by atoms with Crippen LogP contribution in [-0.2, 0) is 9.57 Å². The van der Waals surface area contributed by atoms with Crippen molar-refractivity contribution in [2.45, 2.75) is 6.92 Å². The molecule has 0 spiro atoms. The number of hydrogen-bond acceptors (Lipinski definition) is 5. The molecule has 0 aliphatic carbocycles. The van der Waals surface area contributed by atoms with E-state index in [9.17, 15) is 9.18 Å². The van der Waals surface area contributed by atoms with Gasteiger partial charge in [-0.3, -0.25) is 0 Å². The van der Waals surface area contributed by atoms with Gasteiger partial charge in [0.25, 0.3) is 0 Å². The zero-order valence-electron chi connectivity index (χ0n) is 13.9. The lowest BCUT2D eigenvalue weighted by Crippen LogP contribution is -2.07. The molecule has 5 nitrogen and oxygen atoms in total. The fourth-order valence-corrected chi connectivity index (χ4v) is 2.36. The summed E-state index contributed by atoms with van der Waals surface area (Å²) in [6.45, 7) is 1.75. The summed E-state index contributed by atoms with van der Waals surface area (Å²) in [5.74, 6) is -0.511. The Morgan fingerprint density at radius 2 is 1.79 bits per heavy atom. The van der Waals surface area contributed by atoms with Gasteiger partial charge in [-0.25, -0.2) is 9.18 Å². The van der Waals surface area contributed by atoms with Gasteiger partial charge in [-0.1, -0.05) is 17.3 Å². The molecule has 24 heavy (non-hydrogen) atoms. The van der Waals surface area contributed by atoms with Crippen LogP contribution >= 0.6 is 0 Å². The summed E-state index contributed by atoms with van der Waals surface area (Å²) in [7, 11) is 4.21. The van der Waals surface area contributed by atoms with E-state index in [0.29, 0.717) is 28.2 Å². The molecule has 0 unspecified atom stereocenters. The Morgan fingerprint density at radius 1 is 1.04 bits per heavy atom. The van der Waals surface area contributed by atoms with Crippen LogP contribution in [0.15, 0.2) is 41.6 Å². The summed E-state index contributed by atoms with van der Waals surface area (Å²) in [6, 6.07) is 9.22. The molecule has 0 saturated carbocycles. The van der Waals surface area contributed by atoms with Gasteiger partial charge in [0.1, 0.15) is 18.7 Å². The normalized spacial score (nSPS) is 11.1. The van der Waals surface area contributed by atoms with Crippen molar-refractivity contribution in [3.05, 3.63) is 53.3 Å². The van der Waals surface area contributed by atoms with Gasteiger partial charge in [0.15, 0.2) is 0 Å². The van der Waals surface area contributed by atoms with Gasteiger partial charge in [0.05, 0.1) is 25.5 Å². The summed E-state index contributed by atoms with van der Waals surface area (Å²) in [6.07, 6.45) is 0. The van der Waals surface area contributed by atoms with Crippen LogP contribution in [0, 0.1) is 5.82 Å². The molecule has 2 aromatic carbocycles. The summed E-state index contributed by atoms with van der Waals surface area (Å²) in [5, 5.41) is 3.85. The Bertz CT molecular complexity index is 787. The molecule has 0 saturated heterocycles. The minimum atomic E-state index is -0.539. The number of hydrogen-bond donors (Lipinski definition) is 0. The zero-order valence-corrected chi connectivity index (χ0v) is 13.9. The van der Waals surface area contributed by atoms with Crippen LogP contribution in [0.25, 0.3) is 11.1 Å². The SMILES string of the molecule is CO/N=C(\C)c1ccc(-c2cc(F)ccc2OC)c(C(=O)OC)c1. The molecular formula is C18H18FNO4. The average Bonchev–Trinajstić information content (AvgIpc) is 2.60. The zero-order chi connectivity index (χ0) is 17.7. The van der Waals surface area contributed by atoms with Gasteiger partial charge in [-0.05, 0) is 36.8 Å². The fraction of sp³-hybridized carbons (Fsp3) is 0.222. The Balaban J connectivity index is 2.68. The van der Waals surface area contributed by atoms with Crippen LogP contribution in [0.1, 0.15) is 22.8 Å². The molecule has 0 fully saturated rings. The van der Waals surface area contributed by atoms with Crippen molar-refractivity contribution in [1.82, 2.24) is 0 Å². The Labute approximate surface area is 139 Å². The van der Waals surface area contributed by atoms with E-state index in [1.807, 2.05) is 0 Å². The van der Waals surface area contributed by atoms with Gasteiger partial charge >= 0.3 is 5.97 Å². The number of carbonyl (C=O) groups excluding carboxylic acids is 1. The number of nitrogens with zero attached hydrogens (tertiary/aromatic N) is 1. The Hall–Kier alpha value is -2.89.